The molecule has 0 aliphatic rings. The summed E-state index contributed by atoms with van der Waals surface area (Å²) in [6.45, 7) is 0. The molecule has 31 heavy (non-hydrogen) atoms. The fourth-order valence-electron chi connectivity index (χ4n) is 2.63. The van der Waals surface area contributed by atoms with E-state index in [2.05, 4.69) is 26.3 Å². The molecule has 3 aromatic rings. The van der Waals surface area contributed by atoms with Crippen LogP contribution in [0.1, 0.15) is 15.9 Å². The Morgan fingerprint density at radius 3 is 2.48 bits per heavy atom. The zero-order valence-electron chi connectivity index (χ0n) is 15.2. The predicted octanol–water partition coefficient (Wildman–Crippen LogP) is 4.83. The van der Waals surface area contributed by atoms with E-state index in [0.29, 0.717) is 4.47 Å². The van der Waals surface area contributed by atoms with Gasteiger partial charge in [0.15, 0.2) is 5.15 Å². The Labute approximate surface area is 185 Å². The lowest BCUT2D eigenvalue weighted by Crippen LogP contribution is -2.35. The van der Waals surface area contributed by atoms with Crippen LogP contribution in [0, 0.1) is 0 Å². The van der Waals surface area contributed by atoms with Crippen molar-refractivity contribution < 1.29 is 22.8 Å². The van der Waals surface area contributed by atoms with Crippen LogP contribution in [-0.2, 0) is 6.18 Å². The largest absolute Gasteiger partial charge is 0.416 e. The number of hydrogen-bond donors (Lipinski definition) is 3. The van der Waals surface area contributed by atoms with E-state index in [-0.39, 0.29) is 22.4 Å². The summed E-state index contributed by atoms with van der Waals surface area (Å²) in [7, 11) is 0. The molecule has 0 aliphatic heterocycles. The summed E-state index contributed by atoms with van der Waals surface area (Å²) in [5.74, 6) is -0.764. The van der Waals surface area contributed by atoms with Crippen molar-refractivity contribution >= 4 is 45.2 Å². The van der Waals surface area contributed by atoms with Gasteiger partial charge in [-0.1, -0.05) is 35.9 Å². The Bertz CT molecular complexity index is 1230. The maximum atomic E-state index is 13.1. The highest BCUT2D eigenvalue weighted by Crippen LogP contribution is 2.34. The maximum absolute atomic E-state index is 13.1. The lowest BCUT2D eigenvalue weighted by molar-refractivity contribution is -0.137. The fourth-order valence-corrected chi connectivity index (χ4v) is 3.28. The standard InChI is InChI=1S/C19H11BrClF3N4O3/c20-12-7-2-1-6-11(12)16(29)26-18(31)25-14-13(17(30)28-27-15(14)21)9-4-3-5-10(8-9)19(22,23)24/h1-8H,(H3,25,26,28,29,30,31). The number of alkyl halides is 3. The van der Waals surface area contributed by atoms with Crippen molar-refractivity contribution in [2.75, 3.05) is 5.32 Å². The van der Waals surface area contributed by atoms with Crippen LogP contribution in [0.5, 0.6) is 0 Å². The highest BCUT2D eigenvalue weighted by molar-refractivity contribution is 9.10. The van der Waals surface area contributed by atoms with E-state index >= 15 is 0 Å². The Morgan fingerprint density at radius 1 is 1.10 bits per heavy atom. The lowest BCUT2D eigenvalue weighted by atomic mass is 10.0. The number of carbonyl (C=O) groups is 2. The molecule has 0 radical (unpaired) electrons. The van der Waals surface area contributed by atoms with E-state index in [1.54, 1.807) is 18.2 Å². The number of anilines is 1. The summed E-state index contributed by atoms with van der Waals surface area (Å²) in [6.07, 6.45) is -4.65. The van der Waals surface area contributed by atoms with Gasteiger partial charge in [0.05, 0.1) is 22.4 Å². The first-order valence-electron chi connectivity index (χ1n) is 8.40. The molecule has 0 aliphatic carbocycles. The van der Waals surface area contributed by atoms with E-state index in [4.69, 9.17) is 11.6 Å². The Balaban J connectivity index is 1.95. The summed E-state index contributed by atoms with van der Waals surface area (Å²) < 4.78 is 39.6. The number of aromatic nitrogens is 2. The summed E-state index contributed by atoms with van der Waals surface area (Å²) in [6, 6.07) is 9.15. The van der Waals surface area contributed by atoms with E-state index < -0.39 is 34.4 Å². The number of urea groups is 1. The minimum atomic E-state index is -4.65. The summed E-state index contributed by atoms with van der Waals surface area (Å²) in [5.41, 5.74) is -2.61. The molecule has 3 rings (SSSR count). The van der Waals surface area contributed by atoms with Crippen LogP contribution >= 0.6 is 27.5 Å². The SMILES string of the molecule is O=C(NC(=O)c1ccccc1Br)Nc1c(Cl)n[nH]c(=O)c1-c1cccc(C(F)(F)F)c1. The third kappa shape index (κ3) is 5.12. The van der Waals surface area contributed by atoms with Crippen LogP contribution in [0.2, 0.25) is 5.15 Å². The predicted molar refractivity (Wildman–Crippen MR) is 111 cm³/mol. The minimum Gasteiger partial charge on any atom is -0.304 e. The first kappa shape index (κ1) is 22.5. The molecule has 7 nitrogen and oxygen atoms in total. The molecule has 0 fully saturated rings. The van der Waals surface area contributed by atoms with Gasteiger partial charge < -0.3 is 5.32 Å². The molecule has 0 unspecified atom stereocenters. The van der Waals surface area contributed by atoms with Gasteiger partial charge in [-0.15, -0.1) is 0 Å². The van der Waals surface area contributed by atoms with Gasteiger partial charge >= 0.3 is 12.2 Å². The number of nitrogens with zero attached hydrogens (tertiary/aromatic N) is 1. The number of rotatable bonds is 3. The zero-order chi connectivity index (χ0) is 22.8. The van der Waals surface area contributed by atoms with E-state index in [9.17, 15) is 27.6 Å². The van der Waals surface area contributed by atoms with Crippen LogP contribution in [0.25, 0.3) is 11.1 Å². The number of benzene rings is 2. The number of aromatic amines is 1. The molecular weight excluding hydrogens is 505 g/mol. The third-order valence-corrected chi connectivity index (χ3v) is 4.97. The number of nitrogens with one attached hydrogen (secondary N) is 3. The fraction of sp³-hybridized carbons (Fsp3) is 0.0526. The minimum absolute atomic E-state index is 0.158. The third-order valence-electron chi connectivity index (χ3n) is 4.00. The molecule has 0 bridgehead atoms. The molecule has 3 amide bonds. The van der Waals surface area contributed by atoms with Gasteiger partial charge in [0.1, 0.15) is 0 Å². The number of amides is 3. The van der Waals surface area contributed by atoms with Gasteiger partial charge in [0.2, 0.25) is 0 Å². The van der Waals surface area contributed by atoms with Crippen molar-refractivity contribution in [2.24, 2.45) is 0 Å². The van der Waals surface area contributed by atoms with Gasteiger partial charge in [-0.05, 0) is 45.8 Å². The van der Waals surface area contributed by atoms with Gasteiger partial charge in [-0.2, -0.15) is 18.3 Å². The van der Waals surface area contributed by atoms with Crippen molar-refractivity contribution in [1.82, 2.24) is 15.5 Å². The van der Waals surface area contributed by atoms with E-state index in [1.807, 2.05) is 10.4 Å². The van der Waals surface area contributed by atoms with Gasteiger partial charge in [0, 0.05) is 4.47 Å². The number of imide groups is 1. The van der Waals surface area contributed by atoms with Gasteiger partial charge in [0.25, 0.3) is 11.5 Å². The number of H-pyrrole nitrogens is 1. The van der Waals surface area contributed by atoms with Crippen molar-refractivity contribution in [3.63, 3.8) is 0 Å². The molecule has 12 heteroatoms. The monoisotopic (exact) mass is 514 g/mol. The highest BCUT2D eigenvalue weighted by Gasteiger charge is 2.31. The molecule has 1 aromatic heterocycles. The summed E-state index contributed by atoms with van der Waals surface area (Å²) in [4.78, 5) is 36.9. The molecule has 0 saturated carbocycles. The van der Waals surface area contributed by atoms with Crippen molar-refractivity contribution in [3.05, 3.63) is 79.6 Å². The van der Waals surface area contributed by atoms with Gasteiger partial charge in [-0.3, -0.25) is 14.9 Å². The Hall–Kier alpha value is -3.18. The zero-order valence-corrected chi connectivity index (χ0v) is 17.5. The average Bonchev–Trinajstić information content (AvgIpc) is 2.70. The first-order chi connectivity index (χ1) is 14.6. The lowest BCUT2D eigenvalue weighted by Gasteiger charge is -2.13. The molecule has 2 aromatic carbocycles. The number of hydrogen-bond acceptors (Lipinski definition) is 4. The highest BCUT2D eigenvalue weighted by atomic mass is 79.9. The smallest absolute Gasteiger partial charge is 0.304 e. The Kier molecular flexibility index (Phi) is 6.46. The molecule has 160 valence electrons. The molecule has 0 atom stereocenters. The van der Waals surface area contributed by atoms with Crippen molar-refractivity contribution in [3.8, 4) is 11.1 Å². The topological polar surface area (TPSA) is 104 Å². The van der Waals surface area contributed by atoms with E-state index in [1.165, 1.54) is 12.1 Å². The summed E-state index contributed by atoms with van der Waals surface area (Å²) in [5, 5.41) is 9.43. The molecule has 0 spiro atoms. The van der Waals surface area contributed by atoms with E-state index in [0.717, 1.165) is 18.2 Å². The normalized spacial score (nSPS) is 11.1. The average molecular weight is 516 g/mol. The maximum Gasteiger partial charge on any atom is 0.416 e. The second kappa shape index (κ2) is 8.90. The van der Waals surface area contributed by atoms with Crippen LogP contribution in [0.15, 0.2) is 57.8 Å². The number of carbonyl (C=O) groups excluding carboxylic acids is 2. The van der Waals surface area contributed by atoms with Crippen LogP contribution < -0.4 is 16.2 Å². The quantitative estimate of drug-likeness (QED) is 0.465. The van der Waals surface area contributed by atoms with Crippen molar-refractivity contribution in [1.29, 1.82) is 0 Å². The molecule has 1 heterocycles. The summed E-state index contributed by atoms with van der Waals surface area (Å²) >= 11 is 9.14. The second-order valence-corrected chi connectivity index (χ2v) is 7.27. The first-order valence-corrected chi connectivity index (χ1v) is 9.57. The van der Waals surface area contributed by atoms with Crippen LogP contribution in [0.4, 0.5) is 23.7 Å². The van der Waals surface area contributed by atoms with Gasteiger partial charge in [-0.25, -0.2) is 9.89 Å². The Morgan fingerprint density at radius 2 is 1.81 bits per heavy atom. The molecule has 3 N–H and O–H groups in total. The second-order valence-electron chi connectivity index (χ2n) is 6.06. The number of halogens is 5. The molecular formula is C19H11BrClF3N4O3. The molecule has 0 saturated heterocycles. The van der Waals surface area contributed by atoms with Crippen LogP contribution in [-0.4, -0.2) is 22.1 Å². The van der Waals surface area contributed by atoms with Crippen molar-refractivity contribution in [2.45, 2.75) is 6.18 Å². The van der Waals surface area contributed by atoms with Crippen LogP contribution in [0.3, 0.4) is 0 Å².